The first kappa shape index (κ1) is 21.3. The molecule has 1 aliphatic rings. The topological polar surface area (TPSA) is 94.9 Å². The number of anilines is 1. The van der Waals surface area contributed by atoms with E-state index < -0.39 is 23.7 Å². The minimum atomic E-state index is -1.16. The Morgan fingerprint density at radius 2 is 1.56 bits per heavy atom. The molecule has 32 heavy (non-hydrogen) atoms. The van der Waals surface area contributed by atoms with Gasteiger partial charge in [-0.05, 0) is 42.8 Å². The van der Waals surface area contributed by atoms with Crippen LogP contribution in [0.25, 0.3) is 5.76 Å². The Balaban J connectivity index is 1.94. The van der Waals surface area contributed by atoms with Crippen LogP contribution in [0.1, 0.15) is 33.1 Å². The second-order valence-corrected chi connectivity index (χ2v) is 7.88. The van der Waals surface area contributed by atoms with E-state index in [-0.39, 0.29) is 22.6 Å². The Kier molecular flexibility index (Phi) is 5.55. The number of ketones is 1. The number of benzene rings is 3. The van der Waals surface area contributed by atoms with Crippen LogP contribution in [0.3, 0.4) is 0 Å². The molecule has 1 fully saturated rings. The van der Waals surface area contributed by atoms with Gasteiger partial charge in [-0.15, -0.1) is 0 Å². The number of hydrogen-bond acceptors (Lipinski definition) is 4. The standard InChI is InChI=1S/C25H18ClNO5/c1-14-5-7-16(8-6-14)22(28)20-21(15-9-11-18(26)12-10-15)27(24(30)23(20)29)19-4-2-3-17(13-19)25(31)32/h2-13,21,28H,1H3,(H,31,32)/b22-20+/t21-/m0/s1. The zero-order valence-corrected chi connectivity index (χ0v) is 17.7. The summed E-state index contributed by atoms with van der Waals surface area (Å²) in [7, 11) is 0. The van der Waals surface area contributed by atoms with Crippen LogP contribution in [0.5, 0.6) is 0 Å². The molecule has 0 saturated carbocycles. The minimum Gasteiger partial charge on any atom is -0.507 e. The maximum absolute atomic E-state index is 13.1. The zero-order chi connectivity index (χ0) is 23.0. The smallest absolute Gasteiger partial charge is 0.335 e. The molecule has 3 aromatic rings. The lowest BCUT2D eigenvalue weighted by Gasteiger charge is -2.25. The molecule has 0 spiro atoms. The molecule has 0 unspecified atom stereocenters. The molecular weight excluding hydrogens is 430 g/mol. The van der Waals surface area contributed by atoms with Gasteiger partial charge in [-0.25, -0.2) is 4.79 Å². The van der Waals surface area contributed by atoms with Crippen LogP contribution < -0.4 is 4.90 Å². The van der Waals surface area contributed by atoms with E-state index in [1.54, 1.807) is 54.6 Å². The quantitative estimate of drug-likeness (QED) is 0.334. The molecule has 3 aromatic carbocycles. The highest BCUT2D eigenvalue weighted by Crippen LogP contribution is 2.42. The highest BCUT2D eigenvalue weighted by atomic mass is 35.5. The van der Waals surface area contributed by atoms with Crippen molar-refractivity contribution in [3.8, 4) is 0 Å². The molecule has 1 amide bonds. The number of nitrogens with zero attached hydrogens (tertiary/aromatic N) is 1. The van der Waals surface area contributed by atoms with Gasteiger partial charge in [-0.2, -0.15) is 0 Å². The summed E-state index contributed by atoms with van der Waals surface area (Å²) in [5.41, 5.74) is 2.03. The van der Waals surface area contributed by atoms with E-state index in [4.69, 9.17) is 11.6 Å². The molecule has 2 N–H and O–H groups in total. The number of carboxylic acids is 1. The van der Waals surface area contributed by atoms with Crippen molar-refractivity contribution in [2.75, 3.05) is 4.90 Å². The number of hydrogen-bond donors (Lipinski definition) is 2. The first-order valence-electron chi connectivity index (χ1n) is 9.75. The minimum absolute atomic E-state index is 0.0298. The number of aliphatic hydroxyl groups is 1. The number of aliphatic hydroxyl groups excluding tert-OH is 1. The molecule has 0 radical (unpaired) electrons. The molecule has 1 heterocycles. The molecule has 1 saturated heterocycles. The highest BCUT2D eigenvalue weighted by molar-refractivity contribution is 6.51. The molecular formula is C25H18ClNO5. The zero-order valence-electron chi connectivity index (χ0n) is 16.9. The number of halogens is 1. The van der Waals surface area contributed by atoms with Crippen LogP contribution in [-0.2, 0) is 9.59 Å². The van der Waals surface area contributed by atoms with E-state index in [0.29, 0.717) is 16.1 Å². The van der Waals surface area contributed by atoms with Gasteiger partial charge in [0, 0.05) is 16.3 Å². The number of carbonyl (C=O) groups excluding carboxylic acids is 2. The van der Waals surface area contributed by atoms with E-state index >= 15 is 0 Å². The number of amides is 1. The fraction of sp³-hybridized carbons (Fsp3) is 0.0800. The van der Waals surface area contributed by atoms with Gasteiger partial charge in [-0.1, -0.05) is 59.6 Å². The molecule has 1 atom stereocenters. The van der Waals surface area contributed by atoms with Crippen LogP contribution in [0.4, 0.5) is 5.69 Å². The third-order valence-corrected chi connectivity index (χ3v) is 5.58. The van der Waals surface area contributed by atoms with Crippen molar-refractivity contribution < 1.29 is 24.6 Å². The summed E-state index contributed by atoms with van der Waals surface area (Å²) >= 11 is 6.02. The number of aromatic carboxylic acids is 1. The summed E-state index contributed by atoms with van der Waals surface area (Å²) in [5.74, 6) is -3.18. The van der Waals surface area contributed by atoms with Crippen LogP contribution in [0.15, 0.2) is 78.4 Å². The van der Waals surface area contributed by atoms with E-state index in [1.165, 1.54) is 23.1 Å². The van der Waals surface area contributed by atoms with Crippen LogP contribution in [0, 0.1) is 6.92 Å². The summed E-state index contributed by atoms with van der Waals surface area (Å²) in [6.07, 6.45) is 0. The van der Waals surface area contributed by atoms with Crippen molar-refractivity contribution in [1.82, 2.24) is 0 Å². The monoisotopic (exact) mass is 447 g/mol. The van der Waals surface area contributed by atoms with E-state index in [2.05, 4.69) is 0 Å². The molecule has 160 valence electrons. The second-order valence-electron chi connectivity index (χ2n) is 7.44. The van der Waals surface area contributed by atoms with Crippen LogP contribution in [0.2, 0.25) is 5.02 Å². The number of carbonyl (C=O) groups is 3. The molecule has 1 aliphatic heterocycles. The van der Waals surface area contributed by atoms with Gasteiger partial charge in [-0.3, -0.25) is 14.5 Å². The lowest BCUT2D eigenvalue weighted by molar-refractivity contribution is -0.132. The Hall–Kier alpha value is -3.90. The third kappa shape index (κ3) is 3.76. The summed E-state index contributed by atoms with van der Waals surface area (Å²) in [4.78, 5) is 38.8. The fourth-order valence-electron chi connectivity index (χ4n) is 3.72. The van der Waals surface area contributed by atoms with Crippen molar-refractivity contribution >= 4 is 40.7 Å². The Labute approximate surface area is 189 Å². The van der Waals surface area contributed by atoms with Crippen molar-refractivity contribution in [3.63, 3.8) is 0 Å². The predicted molar refractivity (Wildman–Crippen MR) is 121 cm³/mol. The Morgan fingerprint density at radius 1 is 0.906 bits per heavy atom. The molecule has 0 aromatic heterocycles. The van der Waals surface area contributed by atoms with E-state index in [0.717, 1.165) is 5.56 Å². The fourth-order valence-corrected chi connectivity index (χ4v) is 3.84. The molecule has 6 nitrogen and oxygen atoms in total. The van der Waals surface area contributed by atoms with Crippen molar-refractivity contribution in [3.05, 3.63) is 106 Å². The number of rotatable bonds is 4. The van der Waals surface area contributed by atoms with Gasteiger partial charge < -0.3 is 10.2 Å². The van der Waals surface area contributed by atoms with Crippen molar-refractivity contribution in [1.29, 1.82) is 0 Å². The van der Waals surface area contributed by atoms with Gasteiger partial charge in [0.15, 0.2) is 0 Å². The predicted octanol–water partition coefficient (Wildman–Crippen LogP) is 4.97. The van der Waals surface area contributed by atoms with E-state index in [1.807, 2.05) is 6.92 Å². The average molecular weight is 448 g/mol. The molecule has 7 heteroatoms. The van der Waals surface area contributed by atoms with E-state index in [9.17, 15) is 24.6 Å². The highest BCUT2D eigenvalue weighted by Gasteiger charge is 2.47. The summed E-state index contributed by atoms with van der Waals surface area (Å²) in [5, 5.41) is 20.9. The first-order valence-corrected chi connectivity index (χ1v) is 10.1. The Bertz CT molecular complexity index is 1260. The van der Waals surface area contributed by atoms with Gasteiger partial charge in [0.25, 0.3) is 11.7 Å². The lowest BCUT2D eigenvalue weighted by atomic mass is 9.95. The SMILES string of the molecule is Cc1ccc(/C(O)=C2\C(=O)C(=O)N(c3cccc(C(=O)O)c3)[C@H]2c2ccc(Cl)cc2)cc1. The number of carboxylic acid groups (broad SMARTS) is 1. The summed E-state index contributed by atoms with van der Waals surface area (Å²) in [6.45, 7) is 1.89. The maximum Gasteiger partial charge on any atom is 0.335 e. The average Bonchev–Trinajstić information content (AvgIpc) is 3.05. The molecule has 0 bridgehead atoms. The third-order valence-electron chi connectivity index (χ3n) is 5.33. The maximum atomic E-state index is 13.1. The first-order chi connectivity index (χ1) is 15.3. The number of aryl methyl sites for hydroxylation is 1. The lowest BCUT2D eigenvalue weighted by Crippen LogP contribution is -2.29. The van der Waals surface area contributed by atoms with Gasteiger partial charge in [0.05, 0.1) is 17.2 Å². The number of Topliss-reactive ketones (excluding diaryl/α,β-unsaturated/α-hetero) is 1. The molecule has 4 rings (SSSR count). The van der Waals surface area contributed by atoms with Gasteiger partial charge in [0.1, 0.15) is 5.76 Å². The van der Waals surface area contributed by atoms with Gasteiger partial charge in [0.2, 0.25) is 0 Å². The summed E-state index contributed by atoms with van der Waals surface area (Å²) < 4.78 is 0. The van der Waals surface area contributed by atoms with Crippen LogP contribution >= 0.6 is 11.6 Å². The molecule has 0 aliphatic carbocycles. The van der Waals surface area contributed by atoms with Crippen molar-refractivity contribution in [2.24, 2.45) is 0 Å². The largest absolute Gasteiger partial charge is 0.507 e. The second kappa shape index (κ2) is 8.32. The summed E-state index contributed by atoms with van der Waals surface area (Å²) in [6, 6.07) is 18.3. The van der Waals surface area contributed by atoms with Crippen LogP contribution in [-0.4, -0.2) is 27.9 Å². The Morgan fingerprint density at radius 3 is 2.19 bits per heavy atom. The van der Waals surface area contributed by atoms with Crippen molar-refractivity contribution in [2.45, 2.75) is 13.0 Å². The normalized spacial score (nSPS) is 17.6. The van der Waals surface area contributed by atoms with Gasteiger partial charge >= 0.3 is 5.97 Å².